The van der Waals surface area contributed by atoms with Crippen LogP contribution in [-0.2, 0) is 14.3 Å². The summed E-state index contributed by atoms with van der Waals surface area (Å²) in [5.74, 6) is 2.49. The van der Waals surface area contributed by atoms with E-state index in [0.29, 0.717) is 24.0 Å². The van der Waals surface area contributed by atoms with Gasteiger partial charge in [-0.25, -0.2) is 0 Å². The Hall–Kier alpha value is -1.12. The van der Waals surface area contributed by atoms with Crippen LogP contribution in [0.2, 0.25) is 0 Å². The molecule has 0 saturated heterocycles. The van der Waals surface area contributed by atoms with E-state index in [1.54, 1.807) is 0 Å². The third-order valence-electron chi connectivity index (χ3n) is 9.88. The minimum absolute atomic E-state index is 0.0381. The highest BCUT2D eigenvalue weighted by atomic mass is 16.5. The first-order valence-corrected chi connectivity index (χ1v) is 13.3. The van der Waals surface area contributed by atoms with E-state index in [2.05, 4.69) is 20.8 Å². The van der Waals surface area contributed by atoms with Gasteiger partial charge in [-0.3, -0.25) is 9.59 Å². The van der Waals surface area contributed by atoms with Crippen molar-refractivity contribution < 1.29 is 14.3 Å². The summed E-state index contributed by atoms with van der Waals surface area (Å²) in [5.41, 5.74) is 1.82. The molecule has 4 rings (SSSR count). The SMILES string of the molecule is CCCCCCCCC(=O)O[C@H]1CC[C@H]2[C@@H]3CCC4=CC(=O)CC[C@]4(C)[C@H]3CC[C@]12C. The molecule has 0 unspecified atom stereocenters. The molecule has 4 aliphatic carbocycles. The first kappa shape index (κ1) is 23.1. The Bertz CT molecular complexity index is 709. The molecule has 0 aliphatic heterocycles. The van der Waals surface area contributed by atoms with E-state index in [1.807, 2.05) is 6.08 Å². The molecule has 0 bridgehead atoms. The van der Waals surface area contributed by atoms with Crippen molar-refractivity contribution in [1.82, 2.24) is 0 Å². The van der Waals surface area contributed by atoms with Crippen LogP contribution in [0.4, 0.5) is 0 Å². The summed E-state index contributed by atoms with van der Waals surface area (Å²) in [5, 5.41) is 0. The number of fused-ring (bicyclic) bond motifs is 5. The maximum absolute atomic E-state index is 12.6. The Morgan fingerprint density at radius 3 is 2.55 bits per heavy atom. The molecular weight excluding hydrogens is 384 g/mol. The summed E-state index contributed by atoms with van der Waals surface area (Å²) in [4.78, 5) is 24.6. The molecule has 0 radical (unpaired) electrons. The predicted octanol–water partition coefficient (Wildman–Crippen LogP) is 7.18. The molecule has 4 aliphatic rings. The van der Waals surface area contributed by atoms with E-state index < -0.39 is 0 Å². The van der Waals surface area contributed by atoms with E-state index in [0.717, 1.165) is 44.4 Å². The van der Waals surface area contributed by atoms with Crippen molar-refractivity contribution in [1.29, 1.82) is 0 Å². The van der Waals surface area contributed by atoms with Crippen LogP contribution in [0, 0.1) is 28.6 Å². The Morgan fingerprint density at radius 1 is 0.968 bits per heavy atom. The fourth-order valence-corrected chi connectivity index (χ4v) is 7.97. The van der Waals surface area contributed by atoms with Crippen LogP contribution in [0.1, 0.15) is 117 Å². The van der Waals surface area contributed by atoms with Gasteiger partial charge in [0, 0.05) is 18.3 Å². The van der Waals surface area contributed by atoms with Crippen LogP contribution in [0.15, 0.2) is 11.6 Å². The normalized spacial score (nSPS) is 39.3. The summed E-state index contributed by atoms with van der Waals surface area (Å²) >= 11 is 0. The van der Waals surface area contributed by atoms with Gasteiger partial charge in [-0.15, -0.1) is 0 Å². The molecule has 31 heavy (non-hydrogen) atoms. The van der Waals surface area contributed by atoms with Crippen LogP contribution in [0.5, 0.6) is 0 Å². The number of allylic oxidation sites excluding steroid dienone is 1. The molecule has 0 aromatic carbocycles. The fraction of sp³-hybridized carbons (Fsp3) is 0.857. The van der Waals surface area contributed by atoms with Crippen molar-refractivity contribution in [2.75, 3.05) is 0 Å². The molecule has 0 spiro atoms. The Morgan fingerprint density at radius 2 is 1.74 bits per heavy atom. The maximum Gasteiger partial charge on any atom is 0.306 e. The summed E-state index contributed by atoms with van der Waals surface area (Å²) in [6, 6.07) is 0. The molecule has 3 saturated carbocycles. The number of ketones is 1. The molecule has 3 heteroatoms. The number of hydrogen-bond donors (Lipinski definition) is 0. The first-order chi connectivity index (χ1) is 14.9. The topological polar surface area (TPSA) is 43.4 Å². The lowest BCUT2D eigenvalue weighted by Crippen LogP contribution is -2.51. The Kier molecular flexibility index (Phi) is 6.99. The van der Waals surface area contributed by atoms with Crippen LogP contribution >= 0.6 is 0 Å². The van der Waals surface area contributed by atoms with Gasteiger partial charge in [-0.05, 0) is 80.6 Å². The second-order valence-electron chi connectivity index (χ2n) is 11.6. The first-order valence-electron chi connectivity index (χ1n) is 13.3. The fourth-order valence-electron chi connectivity index (χ4n) is 7.97. The van der Waals surface area contributed by atoms with Crippen molar-refractivity contribution in [2.45, 2.75) is 123 Å². The molecule has 0 N–H and O–H groups in total. The summed E-state index contributed by atoms with van der Waals surface area (Å²) in [6.07, 6.45) is 18.7. The number of carbonyl (C=O) groups excluding carboxylic acids is 2. The molecule has 6 atom stereocenters. The molecule has 3 nitrogen and oxygen atoms in total. The third-order valence-corrected chi connectivity index (χ3v) is 9.88. The Labute approximate surface area is 189 Å². The van der Waals surface area contributed by atoms with Crippen molar-refractivity contribution in [3.63, 3.8) is 0 Å². The van der Waals surface area contributed by atoms with Crippen LogP contribution in [0.3, 0.4) is 0 Å². The van der Waals surface area contributed by atoms with Crippen molar-refractivity contribution >= 4 is 11.8 Å². The van der Waals surface area contributed by atoms with Crippen molar-refractivity contribution in [3.8, 4) is 0 Å². The number of hydrogen-bond acceptors (Lipinski definition) is 3. The molecule has 174 valence electrons. The third kappa shape index (κ3) is 4.40. The van der Waals surface area contributed by atoms with E-state index in [9.17, 15) is 9.59 Å². The quantitative estimate of drug-likeness (QED) is 0.304. The average molecular weight is 429 g/mol. The standard InChI is InChI=1S/C28H44O3/c1-4-5-6-7-8-9-10-26(30)31-25-14-13-23-22-12-11-20-19-21(29)15-17-27(20,2)24(22)16-18-28(23,25)3/h19,22-25H,4-18H2,1-3H3/t22-,23-,24-,25-,27-,28-/m0/s1. The van der Waals surface area contributed by atoms with Crippen LogP contribution in [0.25, 0.3) is 0 Å². The highest BCUT2D eigenvalue weighted by molar-refractivity contribution is 5.91. The van der Waals surface area contributed by atoms with Gasteiger partial charge in [0.25, 0.3) is 0 Å². The second-order valence-corrected chi connectivity index (χ2v) is 11.6. The van der Waals surface area contributed by atoms with Crippen molar-refractivity contribution in [2.24, 2.45) is 28.6 Å². The largest absolute Gasteiger partial charge is 0.462 e. The summed E-state index contributed by atoms with van der Waals surface area (Å²) in [7, 11) is 0. The molecule has 3 fully saturated rings. The van der Waals surface area contributed by atoms with Gasteiger partial charge >= 0.3 is 5.97 Å². The second kappa shape index (κ2) is 9.40. The highest BCUT2D eigenvalue weighted by Crippen LogP contribution is 2.65. The lowest BCUT2D eigenvalue weighted by Gasteiger charge is -2.57. The number of unbranched alkanes of at least 4 members (excludes halogenated alkanes) is 5. The molecule has 0 amide bonds. The van der Waals surface area contributed by atoms with Gasteiger partial charge in [-0.2, -0.15) is 0 Å². The highest BCUT2D eigenvalue weighted by Gasteiger charge is 2.59. The molecule has 0 aromatic rings. The van der Waals surface area contributed by atoms with Crippen LogP contribution in [-0.4, -0.2) is 17.9 Å². The lowest BCUT2D eigenvalue weighted by atomic mass is 9.47. The molecular formula is C28H44O3. The summed E-state index contributed by atoms with van der Waals surface area (Å²) < 4.78 is 6.14. The molecule has 0 aromatic heterocycles. The van der Waals surface area contributed by atoms with Crippen molar-refractivity contribution in [3.05, 3.63) is 11.6 Å². The number of esters is 1. The van der Waals surface area contributed by atoms with Gasteiger partial charge in [0.1, 0.15) is 6.10 Å². The number of rotatable bonds is 8. The average Bonchev–Trinajstić information content (AvgIpc) is 3.07. The zero-order chi connectivity index (χ0) is 22.1. The zero-order valence-corrected chi connectivity index (χ0v) is 20.2. The van der Waals surface area contributed by atoms with E-state index in [1.165, 1.54) is 56.9 Å². The predicted molar refractivity (Wildman–Crippen MR) is 125 cm³/mol. The van der Waals surface area contributed by atoms with E-state index >= 15 is 0 Å². The minimum atomic E-state index is 0.0381. The lowest BCUT2D eigenvalue weighted by molar-refractivity contribution is -0.160. The van der Waals surface area contributed by atoms with Crippen LogP contribution < -0.4 is 0 Å². The minimum Gasteiger partial charge on any atom is -0.462 e. The Balaban J connectivity index is 1.35. The van der Waals surface area contributed by atoms with Gasteiger partial charge in [0.15, 0.2) is 5.78 Å². The van der Waals surface area contributed by atoms with Gasteiger partial charge in [-0.1, -0.05) is 58.4 Å². The maximum atomic E-state index is 12.6. The van der Waals surface area contributed by atoms with E-state index in [4.69, 9.17) is 4.74 Å². The summed E-state index contributed by atoms with van der Waals surface area (Å²) in [6.45, 7) is 7.10. The smallest absolute Gasteiger partial charge is 0.306 e. The van der Waals surface area contributed by atoms with Gasteiger partial charge < -0.3 is 4.74 Å². The molecule has 0 heterocycles. The van der Waals surface area contributed by atoms with E-state index in [-0.39, 0.29) is 22.9 Å². The van der Waals surface area contributed by atoms with Gasteiger partial charge in [0.2, 0.25) is 0 Å². The monoisotopic (exact) mass is 428 g/mol. The number of ether oxygens (including phenoxy) is 1. The zero-order valence-electron chi connectivity index (χ0n) is 20.2. The van der Waals surface area contributed by atoms with Gasteiger partial charge in [0.05, 0.1) is 0 Å². The number of carbonyl (C=O) groups is 2.